The molecule has 2 rings (SSSR count). The van der Waals surface area contributed by atoms with Crippen LogP contribution in [0.2, 0.25) is 0 Å². The zero-order valence-electron chi connectivity index (χ0n) is 7.76. The Balaban J connectivity index is 2.44. The number of rotatable bonds is 2. The first-order valence-electron chi connectivity index (χ1n) is 4.60. The van der Waals surface area contributed by atoms with Crippen molar-refractivity contribution in [1.82, 2.24) is 4.98 Å². The molecule has 0 aliphatic heterocycles. The van der Waals surface area contributed by atoms with Gasteiger partial charge in [0.15, 0.2) is 0 Å². The fourth-order valence-corrected chi connectivity index (χ4v) is 1.61. The minimum Gasteiger partial charge on any atom is -0.302 e. The molecule has 0 aromatic carbocycles. The molecule has 0 radical (unpaired) electrons. The molecule has 0 amide bonds. The first kappa shape index (κ1) is 8.88. The Morgan fingerprint density at radius 3 is 2.86 bits per heavy atom. The molecule has 0 N–H and O–H groups in total. The largest absolute Gasteiger partial charge is 0.302 e. The van der Waals surface area contributed by atoms with Crippen LogP contribution in [-0.4, -0.2) is 11.3 Å². The van der Waals surface area contributed by atoms with Gasteiger partial charge in [0, 0.05) is 6.20 Å². The summed E-state index contributed by atoms with van der Waals surface area (Å²) >= 11 is 0. The maximum atomic E-state index is 11.2. The molecule has 70 valence electrons. The van der Waals surface area contributed by atoms with Crippen LogP contribution in [0.3, 0.4) is 0 Å². The predicted molar refractivity (Wildman–Crippen MR) is 54.9 cm³/mol. The molecule has 2 heteroatoms. The van der Waals surface area contributed by atoms with Crippen LogP contribution in [0.1, 0.15) is 12.1 Å². The van der Waals surface area contributed by atoms with E-state index in [-0.39, 0.29) is 0 Å². The first-order chi connectivity index (χ1) is 6.87. The van der Waals surface area contributed by atoms with Gasteiger partial charge in [-0.2, -0.15) is 0 Å². The van der Waals surface area contributed by atoms with Gasteiger partial charge in [-0.25, -0.2) is 0 Å². The topological polar surface area (TPSA) is 30.0 Å². The second-order valence-electron chi connectivity index (χ2n) is 3.36. The molecular formula is C12H11NO. The van der Waals surface area contributed by atoms with E-state index in [0.717, 1.165) is 12.0 Å². The molecule has 0 saturated heterocycles. The van der Waals surface area contributed by atoms with Crippen LogP contribution in [0, 0.1) is 0 Å². The smallest absolute Gasteiger partial charge is 0.136 e. The third-order valence-corrected chi connectivity index (χ3v) is 2.45. The van der Waals surface area contributed by atoms with Gasteiger partial charge in [-0.15, -0.1) is 0 Å². The molecule has 0 fully saturated rings. The summed E-state index contributed by atoms with van der Waals surface area (Å²) in [5, 5.41) is 0. The van der Waals surface area contributed by atoms with E-state index in [1.54, 1.807) is 6.20 Å². The summed E-state index contributed by atoms with van der Waals surface area (Å²) in [4.78, 5) is 15.4. The minimum atomic E-state index is -0.546. The Morgan fingerprint density at radius 1 is 1.36 bits per heavy atom. The molecule has 0 spiro atoms. The van der Waals surface area contributed by atoms with E-state index in [2.05, 4.69) is 4.98 Å². The van der Waals surface area contributed by atoms with E-state index in [1.165, 1.54) is 0 Å². The van der Waals surface area contributed by atoms with E-state index in [1.807, 2.05) is 42.5 Å². The molecule has 1 aliphatic rings. The van der Waals surface area contributed by atoms with Gasteiger partial charge in [0.25, 0.3) is 0 Å². The molecule has 1 aromatic heterocycles. The summed E-state index contributed by atoms with van der Waals surface area (Å²) in [5.41, 5.74) is 0.270. The van der Waals surface area contributed by atoms with Crippen molar-refractivity contribution in [3.63, 3.8) is 0 Å². The highest BCUT2D eigenvalue weighted by Gasteiger charge is 2.29. The Kier molecular flexibility index (Phi) is 2.27. The van der Waals surface area contributed by atoms with Crippen LogP contribution in [-0.2, 0) is 10.2 Å². The summed E-state index contributed by atoms with van der Waals surface area (Å²) in [6, 6.07) is 5.64. The Bertz CT molecular complexity index is 381. The summed E-state index contributed by atoms with van der Waals surface area (Å²) in [6.45, 7) is 0. The lowest BCUT2D eigenvalue weighted by atomic mass is 9.80. The van der Waals surface area contributed by atoms with Gasteiger partial charge in [-0.05, 0) is 18.6 Å². The number of hydrogen-bond acceptors (Lipinski definition) is 2. The fourth-order valence-electron chi connectivity index (χ4n) is 1.61. The highest BCUT2D eigenvalue weighted by Crippen LogP contribution is 2.28. The first-order valence-corrected chi connectivity index (χ1v) is 4.60. The second kappa shape index (κ2) is 3.58. The number of aromatic nitrogens is 1. The number of nitrogens with zero attached hydrogens (tertiary/aromatic N) is 1. The quantitative estimate of drug-likeness (QED) is 0.660. The normalized spacial score (nSPS) is 24.9. The van der Waals surface area contributed by atoms with Gasteiger partial charge >= 0.3 is 0 Å². The number of hydrogen-bond donors (Lipinski definition) is 0. The lowest BCUT2D eigenvalue weighted by Crippen LogP contribution is -2.27. The third kappa shape index (κ3) is 1.39. The number of carbonyl (C=O) groups excluding carboxylic acids is 1. The van der Waals surface area contributed by atoms with Crippen molar-refractivity contribution in [1.29, 1.82) is 0 Å². The van der Waals surface area contributed by atoms with Gasteiger partial charge < -0.3 is 4.79 Å². The lowest BCUT2D eigenvalue weighted by Gasteiger charge is -2.23. The number of allylic oxidation sites excluding steroid dienone is 4. The highest BCUT2D eigenvalue weighted by atomic mass is 16.1. The zero-order chi connectivity index (χ0) is 9.86. The molecule has 1 heterocycles. The van der Waals surface area contributed by atoms with E-state index >= 15 is 0 Å². The zero-order valence-corrected chi connectivity index (χ0v) is 7.76. The van der Waals surface area contributed by atoms with E-state index in [9.17, 15) is 4.79 Å². The van der Waals surface area contributed by atoms with Gasteiger partial charge in [-0.3, -0.25) is 4.98 Å². The van der Waals surface area contributed by atoms with Crippen molar-refractivity contribution in [2.24, 2.45) is 0 Å². The SMILES string of the molecule is O=C[C@]1(c2ccccn2)C=CC=CC1. The summed E-state index contributed by atoms with van der Waals surface area (Å²) in [6.07, 6.45) is 11.1. The van der Waals surface area contributed by atoms with Gasteiger partial charge in [0.1, 0.15) is 6.29 Å². The summed E-state index contributed by atoms with van der Waals surface area (Å²) < 4.78 is 0. The maximum absolute atomic E-state index is 11.2. The monoisotopic (exact) mass is 185 g/mol. The van der Waals surface area contributed by atoms with Crippen LogP contribution >= 0.6 is 0 Å². The van der Waals surface area contributed by atoms with Crippen molar-refractivity contribution in [2.75, 3.05) is 0 Å². The third-order valence-electron chi connectivity index (χ3n) is 2.45. The van der Waals surface area contributed by atoms with Gasteiger partial charge in [-0.1, -0.05) is 30.4 Å². The number of pyridine rings is 1. The standard InChI is InChI=1S/C12H11NO/c14-10-12(7-3-1-4-8-12)11-6-2-5-9-13-11/h1-7,9-10H,8H2/t12-/m0/s1. The lowest BCUT2D eigenvalue weighted by molar-refractivity contribution is -0.111. The van der Waals surface area contributed by atoms with Crippen molar-refractivity contribution in [3.05, 3.63) is 54.4 Å². The average Bonchev–Trinajstić information content (AvgIpc) is 2.31. The molecule has 1 atom stereocenters. The maximum Gasteiger partial charge on any atom is 0.136 e. The van der Waals surface area contributed by atoms with Crippen molar-refractivity contribution >= 4 is 6.29 Å². The van der Waals surface area contributed by atoms with E-state index in [0.29, 0.717) is 6.42 Å². The molecule has 1 aliphatic carbocycles. The average molecular weight is 185 g/mol. The van der Waals surface area contributed by atoms with Crippen molar-refractivity contribution < 1.29 is 4.79 Å². The molecule has 0 unspecified atom stereocenters. The van der Waals surface area contributed by atoms with Gasteiger partial charge in [0.05, 0.1) is 11.1 Å². The molecule has 2 nitrogen and oxygen atoms in total. The summed E-state index contributed by atoms with van der Waals surface area (Å²) in [5.74, 6) is 0. The van der Waals surface area contributed by atoms with Crippen molar-refractivity contribution in [3.8, 4) is 0 Å². The second-order valence-corrected chi connectivity index (χ2v) is 3.36. The Labute approximate surface area is 83.0 Å². The highest BCUT2D eigenvalue weighted by molar-refractivity contribution is 5.72. The van der Waals surface area contributed by atoms with Crippen molar-refractivity contribution in [2.45, 2.75) is 11.8 Å². The van der Waals surface area contributed by atoms with Crippen LogP contribution < -0.4 is 0 Å². The predicted octanol–water partition coefficient (Wildman–Crippen LogP) is 2.03. The number of aldehydes is 1. The molecule has 1 aromatic rings. The molecule has 0 saturated carbocycles. The fraction of sp³-hybridized carbons (Fsp3) is 0.167. The van der Waals surface area contributed by atoms with Crippen LogP contribution in [0.25, 0.3) is 0 Å². The number of carbonyl (C=O) groups is 1. The Morgan fingerprint density at radius 2 is 2.29 bits per heavy atom. The van der Waals surface area contributed by atoms with E-state index < -0.39 is 5.41 Å². The van der Waals surface area contributed by atoms with Crippen LogP contribution in [0.15, 0.2) is 48.7 Å². The molecular weight excluding hydrogens is 174 g/mol. The summed E-state index contributed by atoms with van der Waals surface area (Å²) in [7, 11) is 0. The van der Waals surface area contributed by atoms with Gasteiger partial charge in [0.2, 0.25) is 0 Å². The Hall–Kier alpha value is -1.70. The van der Waals surface area contributed by atoms with Crippen LogP contribution in [0.5, 0.6) is 0 Å². The minimum absolute atomic E-state index is 0.546. The van der Waals surface area contributed by atoms with Crippen LogP contribution in [0.4, 0.5) is 0 Å². The van der Waals surface area contributed by atoms with E-state index in [4.69, 9.17) is 0 Å². The molecule has 0 bridgehead atoms. The molecule has 14 heavy (non-hydrogen) atoms.